The van der Waals surface area contributed by atoms with Gasteiger partial charge in [0.25, 0.3) is 0 Å². The maximum Gasteiger partial charge on any atom is 0.313 e. The first-order valence-electron chi connectivity index (χ1n) is 9.15. The lowest BCUT2D eigenvalue weighted by Gasteiger charge is -2.29. The van der Waals surface area contributed by atoms with E-state index in [9.17, 15) is 19.1 Å². The first kappa shape index (κ1) is 21.5. The normalized spacial score (nSPS) is 17.7. The number of nitrogens with zero attached hydrogens (tertiary/aromatic N) is 1. The smallest absolute Gasteiger partial charge is 0.313 e. The standard InChI is InChI=1S/C22H15Cl2FN2O3S/c1-9-15(22(29)30)16(11-4-2-3-5-14(11)25)17-18(26)20(31-21(17)27-9)19(28)10-6-7-12(23)13(24)8-10/h2-8,15-16H,26H2,1H3,(H,29,30). The number of carboxylic acids is 1. The molecule has 0 spiro atoms. The van der Waals surface area contributed by atoms with Crippen LogP contribution in [0.2, 0.25) is 10.0 Å². The van der Waals surface area contributed by atoms with Crippen molar-refractivity contribution in [3.05, 3.63) is 79.9 Å². The van der Waals surface area contributed by atoms with Gasteiger partial charge in [-0.25, -0.2) is 9.38 Å². The second kappa shape index (κ2) is 8.07. The van der Waals surface area contributed by atoms with Crippen molar-refractivity contribution in [3.8, 4) is 0 Å². The number of anilines is 1. The van der Waals surface area contributed by atoms with Gasteiger partial charge in [-0.1, -0.05) is 41.4 Å². The van der Waals surface area contributed by atoms with Crippen LogP contribution in [-0.2, 0) is 4.79 Å². The predicted octanol–water partition coefficient (Wildman–Crippen LogP) is 5.95. The Bertz CT molecular complexity index is 1270. The number of thiophene rings is 1. The van der Waals surface area contributed by atoms with E-state index in [1.54, 1.807) is 13.0 Å². The highest BCUT2D eigenvalue weighted by atomic mass is 35.5. The molecule has 5 nitrogen and oxygen atoms in total. The van der Waals surface area contributed by atoms with Crippen molar-refractivity contribution in [1.29, 1.82) is 0 Å². The van der Waals surface area contributed by atoms with Crippen LogP contribution in [0.5, 0.6) is 0 Å². The van der Waals surface area contributed by atoms with Crippen molar-refractivity contribution in [2.45, 2.75) is 12.8 Å². The summed E-state index contributed by atoms with van der Waals surface area (Å²) in [5.41, 5.74) is 7.56. The molecular formula is C22H15Cl2FN2O3S. The van der Waals surface area contributed by atoms with Crippen molar-refractivity contribution >= 4 is 62.7 Å². The Hall–Kier alpha value is -2.74. The minimum atomic E-state index is -1.15. The number of fused-ring (bicyclic) bond motifs is 1. The summed E-state index contributed by atoms with van der Waals surface area (Å²) < 4.78 is 14.7. The Morgan fingerprint density at radius 1 is 1.16 bits per heavy atom. The van der Waals surface area contributed by atoms with Gasteiger partial charge in [0.1, 0.15) is 21.6 Å². The third-order valence-corrected chi connectivity index (χ3v) is 7.08. The SMILES string of the molecule is CC1=Nc2sc(C(=O)c3ccc(Cl)c(Cl)c3)c(N)c2C(c2ccccc2F)C1C(=O)O. The van der Waals surface area contributed by atoms with Gasteiger partial charge in [0.15, 0.2) is 0 Å². The molecule has 0 aliphatic carbocycles. The zero-order valence-corrected chi connectivity index (χ0v) is 18.4. The van der Waals surface area contributed by atoms with Crippen molar-refractivity contribution in [1.82, 2.24) is 0 Å². The van der Waals surface area contributed by atoms with E-state index in [2.05, 4.69) is 4.99 Å². The number of nitrogens with two attached hydrogens (primary N) is 1. The van der Waals surface area contributed by atoms with Gasteiger partial charge in [-0.2, -0.15) is 0 Å². The summed E-state index contributed by atoms with van der Waals surface area (Å²) in [6.45, 7) is 1.58. The van der Waals surface area contributed by atoms with Crippen molar-refractivity contribution in [2.24, 2.45) is 10.9 Å². The van der Waals surface area contributed by atoms with E-state index in [0.29, 0.717) is 21.3 Å². The maximum atomic E-state index is 14.7. The fraction of sp³-hybridized carbons (Fsp3) is 0.136. The maximum absolute atomic E-state index is 14.7. The van der Waals surface area contributed by atoms with Crippen molar-refractivity contribution in [3.63, 3.8) is 0 Å². The summed E-state index contributed by atoms with van der Waals surface area (Å²) in [5, 5.41) is 10.8. The Morgan fingerprint density at radius 2 is 1.87 bits per heavy atom. The Kier molecular flexibility index (Phi) is 5.60. The molecule has 2 heterocycles. The highest BCUT2D eigenvalue weighted by Gasteiger charge is 2.42. The number of hydrogen-bond donors (Lipinski definition) is 2. The van der Waals surface area contributed by atoms with Crippen LogP contribution < -0.4 is 5.73 Å². The van der Waals surface area contributed by atoms with E-state index >= 15 is 0 Å². The number of benzene rings is 2. The zero-order chi connectivity index (χ0) is 22.4. The summed E-state index contributed by atoms with van der Waals surface area (Å²) in [5.74, 6) is -4.14. The minimum Gasteiger partial charge on any atom is -0.481 e. The molecule has 1 aromatic heterocycles. The van der Waals surface area contributed by atoms with Crippen LogP contribution in [0.15, 0.2) is 47.5 Å². The molecule has 0 saturated heterocycles. The van der Waals surface area contributed by atoms with Gasteiger partial charge in [-0.3, -0.25) is 9.59 Å². The van der Waals surface area contributed by atoms with Gasteiger partial charge in [-0.15, -0.1) is 11.3 Å². The molecule has 0 fully saturated rings. The monoisotopic (exact) mass is 476 g/mol. The molecule has 1 aliphatic heterocycles. The number of aliphatic carboxylic acids is 1. The number of halogens is 3. The second-order valence-electron chi connectivity index (χ2n) is 7.09. The van der Waals surface area contributed by atoms with E-state index in [4.69, 9.17) is 28.9 Å². The summed E-state index contributed by atoms with van der Waals surface area (Å²) in [6, 6.07) is 10.4. The molecule has 3 aromatic rings. The van der Waals surface area contributed by atoms with E-state index in [1.807, 2.05) is 0 Å². The first-order valence-corrected chi connectivity index (χ1v) is 10.7. The Morgan fingerprint density at radius 3 is 2.52 bits per heavy atom. The van der Waals surface area contributed by atoms with Crippen LogP contribution in [-0.4, -0.2) is 22.6 Å². The lowest BCUT2D eigenvalue weighted by Crippen LogP contribution is -2.32. The quantitative estimate of drug-likeness (QED) is 0.455. The molecule has 2 atom stereocenters. The number of rotatable bonds is 4. The molecule has 9 heteroatoms. The van der Waals surface area contributed by atoms with E-state index < -0.39 is 29.4 Å². The van der Waals surface area contributed by atoms with Gasteiger partial charge in [0, 0.05) is 22.8 Å². The van der Waals surface area contributed by atoms with Crippen LogP contribution in [0.3, 0.4) is 0 Å². The fourth-order valence-electron chi connectivity index (χ4n) is 3.79. The molecule has 0 radical (unpaired) electrons. The van der Waals surface area contributed by atoms with Crippen LogP contribution in [0, 0.1) is 11.7 Å². The lowest BCUT2D eigenvalue weighted by atomic mass is 9.76. The van der Waals surface area contributed by atoms with Gasteiger partial charge in [-0.05, 0) is 36.8 Å². The molecule has 158 valence electrons. The summed E-state index contributed by atoms with van der Waals surface area (Å²) in [7, 11) is 0. The number of hydrogen-bond acceptors (Lipinski definition) is 5. The first-order chi connectivity index (χ1) is 14.7. The van der Waals surface area contributed by atoms with E-state index in [0.717, 1.165) is 11.3 Å². The van der Waals surface area contributed by atoms with Gasteiger partial charge >= 0.3 is 5.97 Å². The van der Waals surface area contributed by atoms with Gasteiger partial charge in [0.2, 0.25) is 5.78 Å². The third kappa shape index (κ3) is 3.63. The molecule has 2 unspecified atom stereocenters. The van der Waals surface area contributed by atoms with Gasteiger partial charge < -0.3 is 10.8 Å². The second-order valence-corrected chi connectivity index (χ2v) is 8.90. The molecule has 0 bridgehead atoms. The number of nitrogen functional groups attached to an aromatic ring is 1. The molecule has 2 aromatic carbocycles. The Labute approximate surface area is 190 Å². The number of carbonyl (C=O) groups is 2. The molecule has 0 saturated carbocycles. The highest BCUT2D eigenvalue weighted by Crippen LogP contribution is 2.51. The molecular weight excluding hydrogens is 462 g/mol. The molecule has 0 amide bonds. The average molecular weight is 477 g/mol. The lowest BCUT2D eigenvalue weighted by molar-refractivity contribution is -0.139. The van der Waals surface area contributed by atoms with Crippen LogP contribution in [0.25, 0.3) is 0 Å². The minimum absolute atomic E-state index is 0.0897. The largest absolute Gasteiger partial charge is 0.481 e. The van der Waals surface area contributed by atoms with Gasteiger partial charge in [0.05, 0.1) is 15.7 Å². The number of ketones is 1. The predicted molar refractivity (Wildman–Crippen MR) is 121 cm³/mol. The fourth-order valence-corrected chi connectivity index (χ4v) is 5.24. The highest BCUT2D eigenvalue weighted by molar-refractivity contribution is 7.18. The third-order valence-electron chi connectivity index (χ3n) is 5.23. The van der Waals surface area contributed by atoms with Crippen LogP contribution in [0.4, 0.5) is 15.1 Å². The van der Waals surface area contributed by atoms with Crippen LogP contribution >= 0.6 is 34.5 Å². The molecule has 1 aliphatic rings. The number of carboxylic acid groups (broad SMARTS) is 1. The number of aliphatic imine (C=N–C) groups is 1. The molecule has 4 rings (SSSR count). The molecule has 31 heavy (non-hydrogen) atoms. The number of carbonyl (C=O) groups excluding carboxylic acids is 1. The average Bonchev–Trinajstić information content (AvgIpc) is 3.04. The summed E-state index contributed by atoms with van der Waals surface area (Å²) in [4.78, 5) is 29.8. The summed E-state index contributed by atoms with van der Waals surface area (Å²) >= 11 is 13.0. The van der Waals surface area contributed by atoms with E-state index in [1.165, 1.54) is 36.4 Å². The van der Waals surface area contributed by atoms with E-state index in [-0.39, 0.29) is 26.7 Å². The van der Waals surface area contributed by atoms with Crippen molar-refractivity contribution < 1.29 is 19.1 Å². The Balaban J connectivity index is 1.91. The van der Waals surface area contributed by atoms with Crippen molar-refractivity contribution in [2.75, 3.05) is 5.73 Å². The summed E-state index contributed by atoms with van der Waals surface area (Å²) in [6.07, 6.45) is 0. The van der Waals surface area contributed by atoms with Crippen LogP contribution in [0.1, 0.15) is 39.2 Å². The molecule has 3 N–H and O–H groups in total. The zero-order valence-electron chi connectivity index (χ0n) is 16.0. The topological polar surface area (TPSA) is 92.8 Å².